The molecule has 3 fully saturated rings. The second-order valence-corrected chi connectivity index (χ2v) is 6.24. The van der Waals surface area contributed by atoms with Crippen LogP contribution < -0.4 is 5.32 Å². The molecule has 17 heavy (non-hydrogen) atoms. The first-order chi connectivity index (χ1) is 8.42. The summed E-state index contributed by atoms with van der Waals surface area (Å²) in [5.41, 5.74) is 0.0842. The van der Waals surface area contributed by atoms with E-state index in [0.29, 0.717) is 0 Å². The van der Waals surface area contributed by atoms with Crippen LogP contribution >= 0.6 is 0 Å². The lowest BCUT2D eigenvalue weighted by Gasteiger charge is -2.46. The lowest BCUT2D eigenvalue weighted by Crippen LogP contribution is -2.55. The standard InChI is InChI=1S/C15H27NO/c1-3-7-13(8-4-1)15(16-11-12-17-15)14-9-5-2-6-10-14/h13-14,16H,1-12H2. The Kier molecular flexibility index (Phi) is 3.72. The second-order valence-electron chi connectivity index (χ2n) is 6.24. The van der Waals surface area contributed by atoms with E-state index in [2.05, 4.69) is 5.32 Å². The van der Waals surface area contributed by atoms with Gasteiger partial charge in [-0.05, 0) is 25.7 Å². The maximum Gasteiger partial charge on any atom is 0.125 e. The molecular weight excluding hydrogens is 210 g/mol. The van der Waals surface area contributed by atoms with Crippen molar-refractivity contribution in [2.45, 2.75) is 69.9 Å². The van der Waals surface area contributed by atoms with Crippen molar-refractivity contribution in [3.8, 4) is 0 Å². The quantitative estimate of drug-likeness (QED) is 0.794. The predicted molar refractivity (Wildman–Crippen MR) is 69.8 cm³/mol. The third-order valence-corrected chi connectivity index (χ3v) is 5.27. The van der Waals surface area contributed by atoms with Gasteiger partial charge in [0, 0.05) is 18.4 Å². The molecule has 1 saturated heterocycles. The minimum atomic E-state index is 0.0842. The van der Waals surface area contributed by atoms with Crippen molar-refractivity contribution in [1.29, 1.82) is 0 Å². The fourth-order valence-corrected chi connectivity index (χ4v) is 4.44. The molecule has 1 N–H and O–H groups in total. The number of hydrogen-bond donors (Lipinski definition) is 1. The van der Waals surface area contributed by atoms with Gasteiger partial charge in [-0.15, -0.1) is 0 Å². The Bertz CT molecular complexity index is 215. The maximum atomic E-state index is 6.31. The van der Waals surface area contributed by atoms with Crippen LogP contribution in [-0.4, -0.2) is 18.9 Å². The van der Waals surface area contributed by atoms with E-state index in [0.717, 1.165) is 25.0 Å². The van der Waals surface area contributed by atoms with E-state index in [1.54, 1.807) is 0 Å². The molecule has 0 aromatic heterocycles. The summed E-state index contributed by atoms with van der Waals surface area (Å²) >= 11 is 0. The van der Waals surface area contributed by atoms with Crippen molar-refractivity contribution in [3.63, 3.8) is 0 Å². The molecule has 2 aliphatic carbocycles. The van der Waals surface area contributed by atoms with E-state index in [-0.39, 0.29) is 5.72 Å². The van der Waals surface area contributed by atoms with Crippen LogP contribution in [0, 0.1) is 11.8 Å². The molecule has 0 amide bonds. The number of ether oxygens (including phenoxy) is 1. The molecule has 2 heteroatoms. The molecular formula is C15H27NO. The van der Waals surface area contributed by atoms with Crippen molar-refractivity contribution in [2.75, 3.05) is 13.2 Å². The van der Waals surface area contributed by atoms with E-state index in [9.17, 15) is 0 Å². The predicted octanol–water partition coefficient (Wildman–Crippen LogP) is 3.46. The Balaban J connectivity index is 1.75. The van der Waals surface area contributed by atoms with Crippen LogP contribution in [0.1, 0.15) is 64.2 Å². The molecule has 2 saturated carbocycles. The van der Waals surface area contributed by atoms with Gasteiger partial charge in [0.2, 0.25) is 0 Å². The zero-order valence-electron chi connectivity index (χ0n) is 11.0. The fraction of sp³-hybridized carbons (Fsp3) is 1.00. The SMILES string of the molecule is C1CCC(C2(C3CCCCC3)NCCO2)CC1. The highest BCUT2D eigenvalue weighted by Gasteiger charge is 2.48. The molecule has 3 aliphatic rings. The molecule has 0 bridgehead atoms. The maximum absolute atomic E-state index is 6.31. The van der Waals surface area contributed by atoms with Crippen LogP contribution in [0.5, 0.6) is 0 Å². The third kappa shape index (κ3) is 2.26. The van der Waals surface area contributed by atoms with Crippen LogP contribution in [0.15, 0.2) is 0 Å². The van der Waals surface area contributed by atoms with Gasteiger partial charge >= 0.3 is 0 Å². The highest BCUT2D eigenvalue weighted by molar-refractivity contribution is 4.97. The average Bonchev–Trinajstić information content (AvgIpc) is 2.91. The first-order valence-corrected chi connectivity index (χ1v) is 7.81. The first-order valence-electron chi connectivity index (χ1n) is 7.81. The fourth-order valence-electron chi connectivity index (χ4n) is 4.44. The van der Waals surface area contributed by atoms with Crippen molar-refractivity contribution < 1.29 is 4.74 Å². The van der Waals surface area contributed by atoms with Gasteiger partial charge in [0.1, 0.15) is 5.72 Å². The number of hydrogen-bond acceptors (Lipinski definition) is 2. The van der Waals surface area contributed by atoms with Gasteiger partial charge in [0.05, 0.1) is 6.61 Å². The van der Waals surface area contributed by atoms with E-state index < -0.39 is 0 Å². The molecule has 0 unspecified atom stereocenters. The summed E-state index contributed by atoms with van der Waals surface area (Å²) in [6.07, 6.45) is 14.1. The first kappa shape index (κ1) is 12.0. The van der Waals surface area contributed by atoms with Gasteiger partial charge in [0.15, 0.2) is 0 Å². The van der Waals surface area contributed by atoms with Gasteiger partial charge < -0.3 is 4.74 Å². The Labute approximate surface area is 105 Å². The summed E-state index contributed by atoms with van der Waals surface area (Å²) < 4.78 is 6.31. The Morgan fingerprint density at radius 1 is 0.765 bits per heavy atom. The van der Waals surface area contributed by atoms with E-state index in [1.807, 2.05) is 0 Å². The summed E-state index contributed by atoms with van der Waals surface area (Å²) in [5.74, 6) is 1.59. The molecule has 0 aromatic carbocycles. The smallest absolute Gasteiger partial charge is 0.125 e. The number of nitrogens with one attached hydrogen (secondary N) is 1. The van der Waals surface area contributed by atoms with E-state index in [4.69, 9.17) is 4.74 Å². The molecule has 0 atom stereocenters. The van der Waals surface area contributed by atoms with E-state index in [1.165, 1.54) is 64.2 Å². The van der Waals surface area contributed by atoms with Gasteiger partial charge in [-0.3, -0.25) is 5.32 Å². The summed E-state index contributed by atoms with van der Waals surface area (Å²) in [5, 5.41) is 3.79. The van der Waals surface area contributed by atoms with Gasteiger partial charge in [-0.25, -0.2) is 0 Å². The number of rotatable bonds is 2. The highest BCUT2D eigenvalue weighted by atomic mass is 16.5. The molecule has 3 rings (SSSR count). The lowest BCUT2D eigenvalue weighted by atomic mass is 9.71. The van der Waals surface area contributed by atoms with Crippen molar-refractivity contribution in [3.05, 3.63) is 0 Å². The topological polar surface area (TPSA) is 21.3 Å². The normalized spacial score (nSPS) is 31.8. The van der Waals surface area contributed by atoms with Crippen molar-refractivity contribution in [2.24, 2.45) is 11.8 Å². The minimum Gasteiger partial charge on any atom is -0.359 e. The van der Waals surface area contributed by atoms with Crippen molar-refractivity contribution in [1.82, 2.24) is 5.32 Å². The minimum absolute atomic E-state index is 0.0842. The molecule has 2 nitrogen and oxygen atoms in total. The van der Waals surface area contributed by atoms with Gasteiger partial charge in [-0.2, -0.15) is 0 Å². The van der Waals surface area contributed by atoms with Gasteiger partial charge in [0.25, 0.3) is 0 Å². The van der Waals surface area contributed by atoms with Crippen LogP contribution in [0.4, 0.5) is 0 Å². The Morgan fingerprint density at radius 2 is 1.29 bits per heavy atom. The zero-order valence-corrected chi connectivity index (χ0v) is 11.0. The molecule has 0 aromatic rings. The third-order valence-electron chi connectivity index (χ3n) is 5.27. The second kappa shape index (κ2) is 5.27. The monoisotopic (exact) mass is 237 g/mol. The Morgan fingerprint density at radius 3 is 1.71 bits per heavy atom. The molecule has 1 heterocycles. The zero-order chi connectivity index (χ0) is 11.6. The molecule has 0 radical (unpaired) electrons. The lowest BCUT2D eigenvalue weighted by molar-refractivity contribution is -0.121. The van der Waals surface area contributed by atoms with Crippen LogP contribution in [0.3, 0.4) is 0 Å². The largest absolute Gasteiger partial charge is 0.359 e. The highest BCUT2D eigenvalue weighted by Crippen LogP contribution is 2.44. The average molecular weight is 237 g/mol. The Hall–Kier alpha value is -0.0800. The molecule has 98 valence electrons. The summed E-state index contributed by atoms with van der Waals surface area (Å²) in [4.78, 5) is 0. The summed E-state index contributed by atoms with van der Waals surface area (Å²) in [7, 11) is 0. The van der Waals surface area contributed by atoms with Crippen LogP contribution in [0.25, 0.3) is 0 Å². The van der Waals surface area contributed by atoms with Crippen LogP contribution in [0.2, 0.25) is 0 Å². The molecule has 0 spiro atoms. The summed E-state index contributed by atoms with van der Waals surface area (Å²) in [6.45, 7) is 2.01. The van der Waals surface area contributed by atoms with E-state index >= 15 is 0 Å². The summed E-state index contributed by atoms with van der Waals surface area (Å²) in [6, 6.07) is 0. The van der Waals surface area contributed by atoms with Crippen LogP contribution in [-0.2, 0) is 4.74 Å². The molecule has 1 aliphatic heterocycles. The van der Waals surface area contributed by atoms with Gasteiger partial charge in [-0.1, -0.05) is 38.5 Å². The van der Waals surface area contributed by atoms with Crippen molar-refractivity contribution >= 4 is 0 Å².